The lowest BCUT2D eigenvalue weighted by Gasteiger charge is -2.49. The van der Waals surface area contributed by atoms with Gasteiger partial charge in [0, 0.05) is 34.3 Å². The third kappa shape index (κ3) is 3.42. The molecule has 2 N–H and O–H groups in total. The van der Waals surface area contributed by atoms with Crippen LogP contribution in [0.1, 0.15) is 40.2 Å². The number of fused-ring (bicyclic) bond motifs is 1. The van der Waals surface area contributed by atoms with Crippen molar-refractivity contribution in [3.05, 3.63) is 48.9 Å². The molecule has 166 valence electrons. The van der Waals surface area contributed by atoms with E-state index in [0.29, 0.717) is 29.0 Å². The van der Waals surface area contributed by atoms with Gasteiger partial charge in [0.05, 0.1) is 29.8 Å². The van der Waals surface area contributed by atoms with E-state index in [0.717, 1.165) is 5.39 Å². The topological polar surface area (TPSA) is 93.7 Å². The maximum Gasteiger partial charge on any atom is 0.162 e. The number of nitrogens with zero attached hydrogens (tertiary/aromatic N) is 6. The summed E-state index contributed by atoms with van der Waals surface area (Å²) in [6.07, 6.45) is 4.70. The summed E-state index contributed by atoms with van der Waals surface area (Å²) < 4.78 is 18.9. The predicted octanol–water partition coefficient (Wildman–Crippen LogP) is 3.81. The van der Waals surface area contributed by atoms with Gasteiger partial charge in [-0.3, -0.25) is 0 Å². The number of benzene rings is 1. The van der Waals surface area contributed by atoms with Crippen LogP contribution in [0.4, 0.5) is 4.39 Å². The van der Waals surface area contributed by atoms with Crippen molar-refractivity contribution in [2.75, 3.05) is 0 Å². The molecule has 0 bridgehead atoms. The second kappa shape index (κ2) is 7.09. The van der Waals surface area contributed by atoms with E-state index in [4.69, 9.17) is 0 Å². The van der Waals surface area contributed by atoms with E-state index >= 15 is 4.39 Å². The highest BCUT2D eigenvalue weighted by Gasteiger charge is 2.47. The molecule has 0 unspecified atom stereocenters. The molecule has 9 heteroatoms. The Morgan fingerprint density at radius 2 is 1.91 bits per heavy atom. The molecule has 1 aliphatic rings. The number of halogens is 1. The molecule has 2 atom stereocenters. The Morgan fingerprint density at radius 1 is 1.09 bits per heavy atom. The fraction of sp³-hybridized carbons (Fsp3) is 0.391. The molecule has 32 heavy (non-hydrogen) atoms. The van der Waals surface area contributed by atoms with Crippen LogP contribution in [0.5, 0.6) is 5.75 Å². The van der Waals surface area contributed by atoms with Gasteiger partial charge in [-0.05, 0) is 58.4 Å². The summed E-state index contributed by atoms with van der Waals surface area (Å²) in [6, 6.07) is 8.64. The first-order chi connectivity index (χ1) is 15.1. The molecule has 5 rings (SSSR count). The van der Waals surface area contributed by atoms with Gasteiger partial charge in [0.1, 0.15) is 11.9 Å². The Hall–Kier alpha value is -3.33. The predicted molar refractivity (Wildman–Crippen MR) is 119 cm³/mol. The molecule has 8 nitrogen and oxygen atoms in total. The molecule has 4 heterocycles. The zero-order chi connectivity index (χ0) is 22.7. The molecular weight excluding hydrogens is 409 g/mol. The average Bonchev–Trinajstić information content (AvgIpc) is 3.39. The van der Waals surface area contributed by atoms with Gasteiger partial charge in [-0.15, -0.1) is 15.3 Å². The fourth-order valence-corrected chi connectivity index (χ4v) is 4.92. The number of alkyl halides is 1. The third-order valence-corrected chi connectivity index (χ3v) is 6.17. The molecule has 4 aromatic rings. The Bertz CT molecular complexity index is 1280. The Morgan fingerprint density at radius 3 is 2.62 bits per heavy atom. The number of phenols is 1. The van der Waals surface area contributed by atoms with Crippen molar-refractivity contribution in [2.24, 2.45) is 0 Å². The Labute approximate surface area is 185 Å². The van der Waals surface area contributed by atoms with Gasteiger partial charge in [-0.2, -0.15) is 0 Å². The van der Waals surface area contributed by atoms with Crippen LogP contribution in [0.2, 0.25) is 0 Å². The highest BCUT2D eigenvalue weighted by atomic mass is 19.1. The van der Waals surface area contributed by atoms with E-state index in [1.807, 2.05) is 42.8 Å². The zero-order valence-electron chi connectivity index (χ0n) is 18.5. The molecular formula is C23H26FN7O. The first-order valence-electron chi connectivity index (χ1n) is 10.6. The molecule has 0 saturated carbocycles. The largest absolute Gasteiger partial charge is 0.507 e. The number of hydrogen-bond acceptors (Lipinski definition) is 6. The van der Waals surface area contributed by atoms with Crippen molar-refractivity contribution in [1.29, 1.82) is 0 Å². The van der Waals surface area contributed by atoms with Crippen molar-refractivity contribution in [3.8, 4) is 22.7 Å². The number of rotatable bonds is 3. The second-order valence-corrected chi connectivity index (χ2v) is 9.68. The maximum absolute atomic E-state index is 15.4. The molecule has 0 aliphatic carbocycles. The SMILES string of the molecule is CC1(C)C[C@@H](n2ccc3cc(-c4ccc(-n5ccnn5)cc4O)nnc32)[C@H](F)C(C)(C)N1. The van der Waals surface area contributed by atoms with Gasteiger partial charge >= 0.3 is 0 Å². The van der Waals surface area contributed by atoms with Gasteiger partial charge in [0.2, 0.25) is 0 Å². The first-order valence-corrected chi connectivity index (χ1v) is 10.6. The minimum atomic E-state index is -1.08. The van der Waals surface area contributed by atoms with Crippen molar-refractivity contribution < 1.29 is 9.50 Å². The van der Waals surface area contributed by atoms with E-state index in [-0.39, 0.29) is 17.3 Å². The summed E-state index contributed by atoms with van der Waals surface area (Å²) >= 11 is 0. The van der Waals surface area contributed by atoms with E-state index < -0.39 is 11.7 Å². The van der Waals surface area contributed by atoms with Crippen LogP contribution in [-0.4, -0.2) is 52.1 Å². The molecule has 0 radical (unpaired) electrons. The normalized spacial score (nSPS) is 22.3. The van der Waals surface area contributed by atoms with Crippen molar-refractivity contribution >= 4 is 11.0 Å². The summed E-state index contributed by atoms with van der Waals surface area (Å²) in [5, 5.41) is 31.3. The summed E-state index contributed by atoms with van der Waals surface area (Å²) in [5.41, 5.74) is 1.55. The lowest BCUT2D eigenvalue weighted by atomic mass is 9.78. The van der Waals surface area contributed by atoms with Crippen LogP contribution in [0, 0.1) is 0 Å². The van der Waals surface area contributed by atoms with Gasteiger partial charge in [-0.25, -0.2) is 9.07 Å². The Kier molecular flexibility index (Phi) is 4.56. The van der Waals surface area contributed by atoms with Gasteiger partial charge in [-0.1, -0.05) is 5.21 Å². The van der Waals surface area contributed by atoms with Gasteiger partial charge < -0.3 is 15.0 Å². The van der Waals surface area contributed by atoms with Crippen LogP contribution >= 0.6 is 0 Å². The summed E-state index contributed by atoms with van der Waals surface area (Å²) in [5.74, 6) is 0.0664. The number of hydrogen-bond donors (Lipinski definition) is 2. The Balaban J connectivity index is 1.51. The highest BCUT2D eigenvalue weighted by molar-refractivity contribution is 5.81. The van der Waals surface area contributed by atoms with Gasteiger partial charge in [0.15, 0.2) is 5.65 Å². The van der Waals surface area contributed by atoms with Crippen LogP contribution in [-0.2, 0) is 0 Å². The molecule has 3 aromatic heterocycles. The maximum atomic E-state index is 15.4. The minimum absolute atomic E-state index is 0.0664. The summed E-state index contributed by atoms with van der Waals surface area (Å²) in [6.45, 7) is 7.98. The molecule has 0 amide bonds. The summed E-state index contributed by atoms with van der Waals surface area (Å²) in [4.78, 5) is 0. The number of phenolic OH excluding ortho intramolecular Hbond substituents is 1. The number of nitrogens with one attached hydrogen (secondary N) is 1. The smallest absolute Gasteiger partial charge is 0.162 e. The standard InChI is InChI=1S/C23H26FN7O/c1-22(2)13-18(20(24)23(3,4)28-22)30-9-7-14-11-17(26-27-21(14)30)16-6-5-15(12-19(16)32)31-10-8-25-29-31/h5-12,18,20,28,32H,13H2,1-4H3/t18-,20+/m1/s1. The highest BCUT2D eigenvalue weighted by Crippen LogP contribution is 2.40. The quantitative estimate of drug-likeness (QED) is 0.508. The van der Waals surface area contributed by atoms with Crippen molar-refractivity contribution in [1.82, 2.24) is 35.1 Å². The minimum Gasteiger partial charge on any atom is -0.507 e. The van der Waals surface area contributed by atoms with Crippen LogP contribution in [0.25, 0.3) is 28.0 Å². The second-order valence-electron chi connectivity index (χ2n) is 9.68. The molecule has 1 saturated heterocycles. The van der Waals surface area contributed by atoms with Crippen molar-refractivity contribution in [2.45, 2.75) is 57.4 Å². The van der Waals surface area contributed by atoms with Crippen molar-refractivity contribution in [3.63, 3.8) is 0 Å². The first kappa shape index (κ1) is 20.6. The number of aromatic nitrogens is 6. The summed E-state index contributed by atoms with van der Waals surface area (Å²) in [7, 11) is 0. The lowest BCUT2D eigenvalue weighted by molar-refractivity contribution is 0.0313. The molecule has 1 aliphatic heterocycles. The molecule has 1 fully saturated rings. The third-order valence-electron chi connectivity index (χ3n) is 6.17. The molecule has 1 aromatic carbocycles. The fourth-order valence-electron chi connectivity index (χ4n) is 4.92. The van der Waals surface area contributed by atoms with Crippen LogP contribution in [0.3, 0.4) is 0 Å². The lowest BCUT2D eigenvalue weighted by Crippen LogP contribution is -2.64. The molecule has 0 spiro atoms. The number of aromatic hydroxyl groups is 1. The monoisotopic (exact) mass is 435 g/mol. The zero-order valence-corrected chi connectivity index (χ0v) is 18.5. The number of piperidine rings is 1. The van der Waals surface area contributed by atoms with E-state index in [1.165, 1.54) is 0 Å². The average molecular weight is 436 g/mol. The van der Waals surface area contributed by atoms with E-state index in [9.17, 15) is 5.11 Å². The van der Waals surface area contributed by atoms with E-state index in [2.05, 4.69) is 39.7 Å². The van der Waals surface area contributed by atoms with Crippen LogP contribution in [0.15, 0.2) is 48.9 Å². The van der Waals surface area contributed by atoms with Gasteiger partial charge in [0.25, 0.3) is 0 Å². The van der Waals surface area contributed by atoms with Crippen LogP contribution < -0.4 is 5.32 Å². The van der Waals surface area contributed by atoms with E-state index in [1.54, 1.807) is 29.2 Å².